The molecule has 1 aliphatic rings. The summed E-state index contributed by atoms with van der Waals surface area (Å²) in [6, 6.07) is 6.94. The molecule has 0 radical (unpaired) electrons. The second-order valence-corrected chi connectivity index (χ2v) is 4.67. The van der Waals surface area contributed by atoms with Gasteiger partial charge < -0.3 is 5.32 Å². The first kappa shape index (κ1) is 12.0. The van der Waals surface area contributed by atoms with E-state index in [1.165, 1.54) is 25.7 Å². The standard InChI is InChI=1S/C13H18N2O2/c16-15(17)13-8-4-3-7-12(13)10-14-9-11-5-1-2-6-11/h3-4,7-8,11,14H,1-2,5-6,9-10H2. The molecule has 2 rings (SSSR count). The Kier molecular flexibility index (Phi) is 4.09. The van der Waals surface area contributed by atoms with Crippen LogP contribution in [0.3, 0.4) is 0 Å². The van der Waals surface area contributed by atoms with E-state index in [-0.39, 0.29) is 10.6 Å². The predicted octanol–water partition coefficient (Wildman–Crippen LogP) is 2.87. The highest BCUT2D eigenvalue weighted by molar-refractivity contribution is 5.39. The minimum absolute atomic E-state index is 0.214. The molecule has 92 valence electrons. The molecule has 0 aromatic heterocycles. The summed E-state index contributed by atoms with van der Waals surface area (Å²) < 4.78 is 0. The molecule has 1 fully saturated rings. The third-order valence-corrected chi connectivity index (χ3v) is 3.41. The van der Waals surface area contributed by atoms with Gasteiger partial charge in [-0.15, -0.1) is 0 Å². The van der Waals surface area contributed by atoms with Gasteiger partial charge in [0.05, 0.1) is 4.92 Å². The molecule has 1 aromatic rings. The van der Waals surface area contributed by atoms with Crippen LogP contribution in [0.25, 0.3) is 0 Å². The minimum Gasteiger partial charge on any atom is -0.312 e. The van der Waals surface area contributed by atoms with Gasteiger partial charge in [-0.25, -0.2) is 0 Å². The Balaban J connectivity index is 1.87. The number of nitrogens with zero attached hydrogens (tertiary/aromatic N) is 1. The highest BCUT2D eigenvalue weighted by Gasteiger charge is 2.15. The fourth-order valence-electron chi connectivity index (χ4n) is 2.46. The first-order chi connectivity index (χ1) is 8.27. The van der Waals surface area contributed by atoms with Crippen molar-refractivity contribution in [2.45, 2.75) is 32.2 Å². The van der Waals surface area contributed by atoms with Crippen molar-refractivity contribution in [2.75, 3.05) is 6.54 Å². The first-order valence-electron chi connectivity index (χ1n) is 6.20. The lowest BCUT2D eigenvalue weighted by atomic mass is 10.1. The molecule has 0 aliphatic heterocycles. The molecular formula is C13H18N2O2. The maximum absolute atomic E-state index is 10.8. The van der Waals surface area contributed by atoms with Crippen molar-refractivity contribution in [1.82, 2.24) is 5.32 Å². The summed E-state index contributed by atoms with van der Waals surface area (Å²) in [7, 11) is 0. The van der Waals surface area contributed by atoms with Crippen molar-refractivity contribution >= 4 is 5.69 Å². The van der Waals surface area contributed by atoms with Crippen LogP contribution in [-0.2, 0) is 6.54 Å². The van der Waals surface area contributed by atoms with Crippen LogP contribution in [0.1, 0.15) is 31.2 Å². The highest BCUT2D eigenvalue weighted by atomic mass is 16.6. The number of nitrogens with one attached hydrogen (secondary N) is 1. The molecule has 1 saturated carbocycles. The van der Waals surface area contributed by atoms with Crippen molar-refractivity contribution in [2.24, 2.45) is 5.92 Å². The van der Waals surface area contributed by atoms with E-state index in [9.17, 15) is 10.1 Å². The average Bonchev–Trinajstić information content (AvgIpc) is 2.82. The van der Waals surface area contributed by atoms with Crippen LogP contribution in [0.2, 0.25) is 0 Å². The molecule has 4 nitrogen and oxygen atoms in total. The molecular weight excluding hydrogens is 216 g/mol. The lowest BCUT2D eigenvalue weighted by Crippen LogP contribution is -2.21. The largest absolute Gasteiger partial charge is 0.312 e. The number of nitro benzene ring substituents is 1. The third-order valence-electron chi connectivity index (χ3n) is 3.41. The topological polar surface area (TPSA) is 55.2 Å². The summed E-state index contributed by atoms with van der Waals surface area (Å²) in [4.78, 5) is 10.5. The van der Waals surface area contributed by atoms with Gasteiger partial charge in [0.25, 0.3) is 5.69 Å². The summed E-state index contributed by atoms with van der Waals surface area (Å²) in [5.74, 6) is 0.762. The van der Waals surface area contributed by atoms with Crippen molar-refractivity contribution in [3.8, 4) is 0 Å². The van der Waals surface area contributed by atoms with Gasteiger partial charge in [-0.05, 0) is 25.3 Å². The lowest BCUT2D eigenvalue weighted by molar-refractivity contribution is -0.385. The molecule has 1 N–H and O–H groups in total. The van der Waals surface area contributed by atoms with Crippen molar-refractivity contribution in [3.63, 3.8) is 0 Å². The Hall–Kier alpha value is -1.42. The number of para-hydroxylation sites is 1. The Morgan fingerprint density at radius 2 is 2.00 bits per heavy atom. The van der Waals surface area contributed by atoms with E-state index in [1.807, 2.05) is 12.1 Å². The number of rotatable bonds is 5. The van der Waals surface area contributed by atoms with E-state index in [2.05, 4.69) is 5.32 Å². The van der Waals surface area contributed by atoms with Crippen LogP contribution in [0.15, 0.2) is 24.3 Å². The highest BCUT2D eigenvalue weighted by Crippen LogP contribution is 2.24. The normalized spacial score (nSPS) is 16.2. The molecule has 1 aromatic carbocycles. The summed E-state index contributed by atoms with van der Waals surface area (Å²) in [6.07, 6.45) is 5.25. The first-order valence-corrected chi connectivity index (χ1v) is 6.20. The SMILES string of the molecule is O=[N+]([O-])c1ccccc1CNCC1CCCC1. The van der Waals surface area contributed by atoms with Crippen LogP contribution in [0.5, 0.6) is 0 Å². The number of benzene rings is 1. The smallest absolute Gasteiger partial charge is 0.273 e. The second-order valence-electron chi connectivity index (χ2n) is 4.67. The number of hydrogen-bond acceptors (Lipinski definition) is 3. The molecule has 0 amide bonds. The van der Waals surface area contributed by atoms with Crippen LogP contribution in [-0.4, -0.2) is 11.5 Å². The van der Waals surface area contributed by atoms with Gasteiger partial charge in [0.1, 0.15) is 0 Å². The Morgan fingerprint density at radius 3 is 2.71 bits per heavy atom. The van der Waals surface area contributed by atoms with Crippen LogP contribution >= 0.6 is 0 Å². The zero-order chi connectivity index (χ0) is 12.1. The molecule has 0 unspecified atom stereocenters. The second kappa shape index (κ2) is 5.77. The van der Waals surface area contributed by atoms with Crippen LogP contribution in [0, 0.1) is 16.0 Å². The third kappa shape index (κ3) is 3.27. The molecule has 0 saturated heterocycles. The molecule has 0 atom stereocenters. The van der Waals surface area contributed by atoms with Gasteiger partial charge in [-0.1, -0.05) is 31.0 Å². The van der Waals surface area contributed by atoms with Crippen molar-refractivity contribution < 1.29 is 4.92 Å². The zero-order valence-corrected chi connectivity index (χ0v) is 9.89. The summed E-state index contributed by atoms with van der Waals surface area (Å²) >= 11 is 0. The Bertz CT molecular complexity index is 387. The fraction of sp³-hybridized carbons (Fsp3) is 0.538. The summed E-state index contributed by atoms with van der Waals surface area (Å²) in [5.41, 5.74) is 0.988. The fourth-order valence-corrected chi connectivity index (χ4v) is 2.46. The zero-order valence-electron chi connectivity index (χ0n) is 9.89. The van der Waals surface area contributed by atoms with E-state index < -0.39 is 0 Å². The van der Waals surface area contributed by atoms with E-state index in [1.54, 1.807) is 12.1 Å². The van der Waals surface area contributed by atoms with Gasteiger partial charge in [0.15, 0.2) is 0 Å². The molecule has 4 heteroatoms. The monoisotopic (exact) mass is 234 g/mol. The Morgan fingerprint density at radius 1 is 1.29 bits per heavy atom. The Labute approximate surface area is 101 Å². The molecule has 1 aliphatic carbocycles. The quantitative estimate of drug-likeness (QED) is 0.629. The van der Waals surface area contributed by atoms with Crippen LogP contribution in [0.4, 0.5) is 5.69 Å². The summed E-state index contributed by atoms with van der Waals surface area (Å²) in [5, 5.41) is 14.2. The van der Waals surface area contributed by atoms with E-state index in [0.29, 0.717) is 6.54 Å². The maximum Gasteiger partial charge on any atom is 0.273 e. The van der Waals surface area contributed by atoms with E-state index in [4.69, 9.17) is 0 Å². The predicted molar refractivity (Wildman–Crippen MR) is 66.8 cm³/mol. The molecule has 0 spiro atoms. The van der Waals surface area contributed by atoms with Crippen molar-refractivity contribution in [3.05, 3.63) is 39.9 Å². The average molecular weight is 234 g/mol. The number of hydrogen-bond donors (Lipinski definition) is 1. The summed E-state index contributed by atoms with van der Waals surface area (Å²) in [6.45, 7) is 1.57. The van der Waals surface area contributed by atoms with Gasteiger partial charge in [-0.3, -0.25) is 10.1 Å². The van der Waals surface area contributed by atoms with Gasteiger partial charge in [-0.2, -0.15) is 0 Å². The van der Waals surface area contributed by atoms with E-state index in [0.717, 1.165) is 18.0 Å². The van der Waals surface area contributed by atoms with Gasteiger partial charge in [0, 0.05) is 18.2 Å². The number of nitro groups is 1. The maximum atomic E-state index is 10.8. The minimum atomic E-state index is -0.313. The van der Waals surface area contributed by atoms with Gasteiger partial charge >= 0.3 is 0 Å². The van der Waals surface area contributed by atoms with Crippen molar-refractivity contribution in [1.29, 1.82) is 0 Å². The molecule has 17 heavy (non-hydrogen) atoms. The molecule has 0 heterocycles. The van der Waals surface area contributed by atoms with Gasteiger partial charge in [0.2, 0.25) is 0 Å². The lowest BCUT2D eigenvalue weighted by Gasteiger charge is -2.10. The van der Waals surface area contributed by atoms with E-state index >= 15 is 0 Å². The van der Waals surface area contributed by atoms with Crippen LogP contribution < -0.4 is 5.32 Å². The molecule has 0 bridgehead atoms.